The van der Waals surface area contributed by atoms with Gasteiger partial charge < -0.3 is 14.6 Å². The minimum absolute atomic E-state index is 0.191. The summed E-state index contributed by atoms with van der Waals surface area (Å²) in [4.78, 5) is 15.8. The maximum absolute atomic E-state index is 13.5. The number of carbonyl (C=O) groups excluding carboxylic acids is 1. The first-order chi connectivity index (χ1) is 12.4. The van der Waals surface area contributed by atoms with Crippen molar-refractivity contribution in [2.24, 2.45) is 0 Å². The van der Waals surface area contributed by atoms with E-state index in [-0.39, 0.29) is 30.3 Å². The Hall–Kier alpha value is -2.37. The van der Waals surface area contributed by atoms with Crippen LogP contribution in [0.4, 0.5) is 14.5 Å². The predicted octanol–water partition coefficient (Wildman–Crippen LogP) is 0.821. The maximum Gasteiger partial charge on any atom is 0.262 e. The van der Waals surface area contributed by atoms with E-state index in [9.17, 15) is 22.0 Å². The Balaban J connectivity index is 1.68. The molecule has 1 aliphatic rings. The van der Waals surface area contributed by atoms with E-state index >= 15 is 0 Å². The molecule has 0 bridgehead atoms. The molecule has 0 atom stereocenters. The molecule has 1 saturated heterocycles. The molecule has 26 heavy (non-hydrogen) atoms. The lowest BCUT2D eigenvalue weighted by Crippen LogP contribution is -2.40. The average molecular weight is 386 g/mol. The summed E-state index contributed by atoms with van der Waals surface area (Å²) in [6, 6.07) is 2.69. The van der Waals surface area contributed by atoms with Crippen LogP contribution in [0, 0.1) is 11.6 Å². The molecule has 1 aliphatic heterocycles. The Labute approximate surface area is 148 Å². The molecule has 1 N–H and O–H groups in total. The van der Waals surface area contributed by atoms with Gasteiger partial charge in [-0.2, -0.15) is 4.31 Å². The third kappa shape index (κ3) is 4.06. The van der Waals surface area contributed by atoms with Crippen molar-refractivity contribution in [1.82, 2.24) is 13.9 Å². The van der Waals surface area contributed by atoms with Gasteiger partial charge >= 0.3 is 0 Å². The van der Waals surface area contributed by atoms with Gasteiger partial charge in [0.2, 0.25) is 5.91 Å². The second kappa shape index (κ2) is 7.48. The average Bonchev–Trinajstić information content (AvgIpc) is 3.08. The van der Waals surface area contributed by atoms with Crippen LogP contribution in [-0.2, 0) is 26.1 Å². The number of aromatic nitrogens is 2. The Bertz CT molecular complexity index is 910. The van der Waals surface area contributed by atoms with Crippen molar-refractivity contribution in [3.05, 3.63) is 42.4 Å². The number of sulfonamides is 1. The molecule has 0 spiro atoms. The number of nitrogens with one attached hydrogen (secondary N) is 1. The van der Waals surface area contributed by atoms with Crippen molar-refractivity contribution in [2.45, 2.75) is 11.6 Å². The number of hydrogen-bond acceptors (Lipinski definition) is 5. The van der Waals surface area contributed by atoms with E-state index < -0.39 is 27.6 Å². The quantitative estimate of drug-likeness (QED) is 0.821. The zero-order valence-electron chi connectivity index (χ0n) is 13.6. The van der Waals surface area contributed by atoms with Gasteiger partial charge in [0.15, 0.2) is 5.03 Å². The number of rotatable bonds is 5. The maximum atomic E-state index is 13.5. The molecule has 2 aromatic rings. The van der Waals surface area contributed by atoms with Crippen LogP contribution in [-0.4, -0.2) is 54.5 Å². The highest BCUT2D eigenvalue weighted by Crippen LogP contribution is 2.17. The molecular formula is C15H16F2N4O4S. The number of amides is 1. The van der Waals surface area contributed by atoms with Crippen LogP contribution in [0.1, 0.15) is 0 Å². The number of imidazole rings is 1. The molecule has 0 saturated carbocycles. The van der Waals surface area contributed by atoms with Gasteiger partial charge in [0.1, 0.15) is 18.2 Å². The Morgan fingerprint density at radius 2 is 2.00 bits per heavy atom. The number of halogens is 2. The summed E-state index contributed by atoms with van der Waals surface area (Å²) < 4.78 is 59.2. The van der Waals surface area contributed by atoms with Gasteiger partial charge in [0.25, 0.3) is 10.0 Å². The Kier molecular flexibility index (Phi) is 5.30. The number of ether oxygens (including phenoxy) is 1. The minimum Gasteiger partial charge on any atom is -0.379 e. The lowest BCUT2D eigenvalue weighted by atomic mass is 10.3. The highest BCUT2D eigenvalue weighted by atomic mass is 32.2. The molecule has 1 amide bonds. The highest BCUT2D eigenvalue weighted by molar-refractivity contribution is 7.89. The molecule has 11 heteroatoms. The second-order valence-corrected chi connectivity index (χ2v) is 7.46. The third-order valence-electron chi connectivity index (χ3n) is 3.71. The van der Waals surface area contributed by atoms with E-state index in [0.717, 1.165) is 18.2 Å². The van der Waals surface area contributed by atoms with Gasteiger partial charge in [0, 0.05) is 25.4 Å². The van der Waals surface area contributed by atoms with Crippen LogP contribution in [0.2, 0.25) is 0 Å². The number of morpholine rings is 1. The fraction of sp³-hybridized carbons (Fsp3) is 0.333. The summed E-state index contributed by atoms with van der Waals surface area (Å²) in [5.41, 5.74) is -0.295. The van der Waals surface area contributed by atoms with E-state index in [1.807, 2.05) is 0 Å². The molecule has 8 nitrogen and oxygen atoms in total. The molecule has 140 valence electrons. The first kappa shape index (κ1) is 18.4. The van der Waals surface area contributed by atoms with Crippen LogP contribution in [0.5, 0.6) is 0 Å². The van der Waals surface area contributed by atoms with Crippen LogP contribution < -0.4 is 5.32 Å². The largest absolute Gasteiger partial charge is 0.379 e. The van der Waals surface area contributed by atoms with E-state index in [1.54, 1.807) is 0 Å². The molecular weight excluding hydrogens is 370 g/mol. The van der Waals surface area contributed by atoms with Crippen LogP contribution in [0.3, 0.4) is 0 Å². The first-order valence-corrected chi connectivity index (χ1v) is 9.15. The van der Waals surface area contributed by atoms with Gasteiger partial charge in [-0.05, 0) is 12.1 Å². The molecule has 3 rings (SSSR count). The summed E-state index contributed by atoms with van der Waals surface area (Å²) in [6.45, 7) is 0.772. The standard InChI is InChI=1S/C15H16F2N4O4S/c16-11-1-2-12(17)13(7-11)19-14(22)8-20-9-15(18-10-20)26(23,24)21-3-5-25-6-4-21/h1-2,7,9-10H,3-6,8H2,(H,19,22). The fourth-order valence-electron chi connectivity index (χ4n) is 2.43. The lowest BCUT2D eigenvalue weighted by Gasteiger charge is -2.24. The number of nitrogens with zero attached hydrogens (tertiary/aromatic N) is 3. The molecule has 0 radical (unpaired) electrons. The van der Waals surface area contributed by atoms with Gasteiger partial charge in [-0.1, -0.05) is 0 Å². The van der Waals surface area contributed by atoms with Gasteiger partial charge in [0.05, 0.1) is 25.2 Å². The number of anilines is 1. The van der Waals surface area contributed by atoms with Crippen molar-refractivity contribution in [3.63, 3.8) is 0 Å². The van der Waals surface area contributed by atoms with E-state index in [4.69, 9.17) is 4.74 Å². The topological polar surface area (TPSA) is 93.5 Å². The van der Waals surface area contributed by atoms with Crippen molar-refractivity contribution in [3.8, 4) is 0 Å². The summed E-state index contributed by atoms with van der Waals surface area (Å²) in [7, 11) is -3.77. The van der Waals surface area contributed by atoms with Gasteiger partial charge in [-0.25, -0.2) is 22.2 Å². The molecule has 1 fully saturated rings. The van der Waals surface area contributed by atoms with Crippen molar-refractivity contribution < 1.29 is 26.7 Å². The van der Waals surface area contributed by atoms with E-state index in [2.05, 4.69) is 10.3 Å². The first-order valence-electron chi connectivity index (χ1n) is 7.71. The molecule has 0 unspecified atom stereocenters. The number of benzene rings is 1. The summed E-state index contributed by atoms with van der Waals surface area (Å²) in [5.74, 6) is -2.12. The summed E-state index contributed by atoms with van der Waals surface area (Å²) in [5, 5.41) is 2.04. The van der Waals surface area contributed by atoms with Crippen LogP contribution >= 0.6 is 0 Å². The zero-order valence-corrected chi connectivity index (χ0v) is 14.4. The van der Waals surface area contributed by atoms with E-state index in [1.165, 1.54) is 21.4 Å². The van der Waals surface area contributed by atoms with Gasteiger partial charge in [-0.15, -0.1) is 0 Å². The molecule has 2 heterocycles. The smallest absolute Gasteiger partial charge is 0.262 e. The highest BCUT2D eigenvalue weighted by Gasteiger charge is 2.28. The lowest BCUT2D eigenvalue weighted by molar-refractivity contribution is -0.116. The number of hydrogen-bond donors (Lipinski definition) is 1. The zero-order chi connectivity index (χ0) is 18.7. The molecule has 0 aliphatic carbocycles. The van der Waals surface area contributed by atoms with Crippen molar-refractivity contribution >= 4 is 21.6 Å². The summed E-state index contributed by atoms with van der Waals surface area (Å²) in [6.07, 6.45) is 2.40. The van der Waals surface area contributed by atoms with E-state index in [0.29, 0.717) is 13.2 Å². The van der Waals surface area contributed by atoms with Gasteiger partial charge in [-0.3, -0.25) is 4.79 Å². The van der Waals surface area contributed by atoms with Crippen LogP contribution in [0.15, 0.2) is 35.7 Å². The minimum atomic E-state index is -3.77. The summed E-state index contributed by atoms with van der Waals surface area (Å²) >= 11 is 0. The molecule has 1 aromatic heterocycles. The van der Waals surface area contributed by atoms with Crippen molar-refractivity contribution in [2.75, 3.05) is 31.6 Å². The SMILES string of the molecule is O=C(Cn1cnc(S(=O)(=O)N2CCOCC2)c1)Nc1cc(F)ccc1F. The predicted molar refractivity (Wildman–Crippen MR) is 86.8 cm³/mol. The monoisotopic (exact) mass is 386 g/mol. The second-order valence-electron chi connectivity index (χ2n) is 5.57. The van der Waals surface area contributed by atoms with Crippen LogP contribution in [0.25, 0.3) is 0 Å². The Morgan fingerprint density at radius 3 is 2.73 bits per heavy atom. The number of carbonyl (C=O) groups is 1. The normalized spacial score (nSPS) is 15.8. The van der Waals surface area contributed by atoms with Crippen molar-refractivity contribution in [1.29, 1.82) is 0 Å². The Morgan fingerprint density at radius 1 is 1.27 bits per heavy atom. The molecule has 1 aromatic carbocycles. The third-order valence-corrected chi connectivity index (χ3v) is 5.50. The fourth-order valence-corrected chi connectivity index (χ4v) is 3.77.